The zero-order valence-electron chi connectivity index (χ0n) is 22.5. The van der Waals surface area contributed by atoms with E-state index in [1.54, 1.807) is 43.5 Å². The molecule has 1 aliphatic rings. The molecule has 1 aliphatic heterocycles. The number of nitrogens with zero attached hydrogens (tertiary/aromatic N) is 3. The first-order valence-electron chi connectivity index (χ1n) is 13.0. The van der Waals surface area contributed by atoms with Crippen LogP contribution in [0, 0.1) is 0 Å². The highest BCUT2D eigenvalue weighted by atomic mass is 35.5. The number of aromatic nitrogens is 1. The summed E-state index contributed by atoms with van der Waals surface area (Å²) in [4.78, 5) is 21.3. The fourth-order valence-electron chi connectivity index (χ4n) is 4.97. The highest BCUT2D eigenvalue weighted by Gasteiger charge is 2.34. The minimum Gasteiger partial charge on any atom is -0.496 e. The molecule has 6 nitrogen and oxygen atoms in total. The van der Waals surface area contributed by atoms with Crippen molar-refractivity contribution in [2.75, 3.05) is 37.5 Å². The number of rotatable bonds is 7. The normalized spacial score (nSPS) is 12.9. The number of anilines is 2. The van der Waals surface area contributed by atoms with Crippen molar-refractivity contribution in [1.29, 1.82) is 0 Å². The summed E-state index contributed by atoms with van der Waals surface area (Å²) in [6.45, 7) is 1.40. The highest BCUT2D eigenvalue weighted by molar-refractivity contribution is 6.30. The molecule has 0 saturated heterocycles. The Balaban J connectivity index is 1.41. The standard InChI is InChI=1S/C31H28ClF3N4O2/c1-38(18-22-6-3-4-9-28(22)41-2)30(40)21-8-5-7-20(14-21)23-16-27-29(37-17-23)36-12-13-39(27)19-24-15-25(32)10-11-26(24)31(33,34)35/h3-11,14-17H,12-13,18-19H2,1-2H3,(H,36,37). The lowest BCUT2D eigenvalue weighted by atomic mass is 10.0. The number of hydrogen-bond donors (Lipinski definition) is 1. The van der Waals surface area contributed by atoms with Gasteiger partial charge in [0.15, 0.2) is 0 Å². The van der Waals surface area contributed by atoms with Gasteiger partial charge >= 0.3 is 6.18 Å². The van der Waals surface area contributed by atoms with Gasteiger partial charge in [-0.2, -0.15) is 13.2 Å². The lowest BCUT2D eigenvalue weighted by molar-refractivity contribution is -0.138. The molecule has 0 aliphatic carbocycles. The van der Waals surface area contributed by atoms with Crippen LogP contribution in [-0.2, 0) is 19.3 Å². The number of para-hydroxylation sites is 1. The SMILES string of the molecule is COc1ccccc1CN(C)C(=O)c1cccc(-c2cnc3c(c2)N(Cc2cc(Cl)ccc2C(F)(F)F)CCN3)c1. The van der Waals surface area contributed by atoms with E-state index in [2.05, 4.69) is 10.3 Å². The molecule has 1 amide bonds. The summed E-state index contributed by atoms with van der Waals surface area (Å²) >= 11 is 6.07. The molecule has 1 N–H and O–H groups in total. The van der Waals surface area contributed by atoms with Crippen LogP contribution in [0.15, 0.2) is 79.0 Å². The molecule has 1 aromatic heterocycles. The predicted octanol–water partition coefficient (Wildman–Crippen LogP) is 7.13. The van der Waals surface area contributed by atoms with Crippen molar-refractivity contribution in [3.63, 3.8) is 0 Å². The van der Waals surface area contributed by atoms with E-state index in [-0.39, 0.29) is 23.0 Å². The number of alkyl halides is 3. The summed E-state index contributed by atoms with van der Waals surface area (Å²) in [5.41, 5.74) is 2.95. The molecule has 5 rings (SSSR count). The molecule has 0 atom stereocenters. The maximum atomic E-state index is 13.7. The number of pyridine rings is 1. The molecule has 10 heteroatoms. The maximum Gasteiger partial charge on any atom is 0.416 e. The first-order valence-corrected chi connectivity index (χ1v) is 13.3. The number of nitrogens with one attached hydrogen (secondary N) is 1. The zero-order chi connectivity index (χ0) is 29.1. The number of halogens is 4. The fourth-order valence-corrected chi connectivity index (χ4v) is 5.17. The largest absolute Gasteiger partial charge is 0.496 e. The van der Waals surface area contributed by atoms with Crippen LogP contribution in [0.25, 0.3) is 11.1 Å². The van der Waals surface area contributed by atoms with Crippen LogP contribution in [0.2, 0.25) is 5.02 Å². The Hall–Kier alpha value is -4.24. The quantitative estimate of drug-likeness (QED) is 0.252. The number of carbonyl (C=O) groups excluding carboxylic acids is 1. The highest BCUT2D eigenvalue weighted by Crippen LogP contribution is 2.37. The zero-order valence-corrected chi connectivity index (χ0v) is 23.3. The van der Waals surface area contributed by atoms with Gasteiger partial charge in [0.1, 0.15) is 11.6 Å². The summed E-state index contributed by atoms with van der Waals surface area (Å²) < 4.78 is 46.5. The average molecular weight is 581 g/mol. The van der Waals surface area contributed by atoms with Crippen LogP contribution in [0.3, 0.4) is 0 Å². The molecule has 0 radical (unpaired) electrons. The van der Waals surface area contributed by atoms with Gasteiger partial charge in [-0.3, -0.25) is 4.79 Å². The molecule has 0 saturated carbocycles. The molecule has 41 heavy (non-hydrogen) atoms. The number of ether oxygens (including phenoxy) is 1. The van der Waals surface area contributed by atoms with E-state index >= 15 is 0 Å². The molecule has 0 bridgehead atoms. The van der Waals surface area contributed by atoms with E-state index in [0.29, 0.717) is 42.5 Å². The van der Waals surface area contributed by atoms with Gasteiger partial charge < -0.3 is 19.9 Å². The van der Waals surface area contributed by atoms with E-state index < -0.39 is 11.7 Å². The fraction of sp³-hybridized carbons (Fsp3) is 0.226. The average Bonchev–Trinajstić information content (AvgIpc) is 2.96. The van der Waals surface area contributed by atoms with Gasteiger partial charge in [-0.25, -0.2) is 4.98 Å². The first kappa shape index (κ1) is 28.3. The third-order valence-corrected chi connectivity index (χ3v) is 7.24. The number of benzene rings is 3. The molecule has 0 unspecified atom stereocenters. The minimum absolute atomic E-state index is 0.0154. The Kier molecular flexibility index (Phi) is 8.08. The van der Waals surface area contributed by atoms with Crippen LogP contribution in [0.1, 0.15) is 27.0 Å². The lowest BCUT2D eigenvalue weighted by Gasteiger charge is -2.32. The first-order chi connectivity index (χ1) is 19.6. The Morgan fingerprint density at radius 2 is 1.85 bits per heavy atom. The topological polar surface area (TPSA) is 57.7 Å². The molecule has 3 aromatic carbocycles. The number of hydrogen-bond acceptors (Lipinski definition) is 5. The van der Waals surface area contributed by atoms with Gasteiger partial charge in [-0.05, 0) is 53.6 Å². The van der Waals surface area contributed by atoms with E-state index in [0.717, 1.165) is 22.8 Å². The van der Waals surface area contributed by atoms with Gasteiger partial charge in [0.25, 0.3) is 5.91 Å². The second-order valence-electron chi connectivity index (χ2n) is 9.79. The van der Waals surface area contributed by atoms with Crippen molar-refractivity contribution in [2.45, 2.75) is 19.3 Å². The molecule has 2 heterocycles. The summed E-state index contributed by atoms with van der Waals surface area (Å²) in [6, 6.07) is 20.3. The number of methoxy groups -OCH3 is 1. The van der Waals surface area contributed by atoms with Crippen LogP contribution in [-0.4, -0.2) is 43.0 Å². The van der Waals surface area contributed by atoms with Crippen molar-refractivity contribution < 1.29 is 22.7 Å². The maximum absolute atomic E-state index is 13.7. The van der Waals surface area contributed by atoms with Crippen LogP contribution in [0.4, 0.5) is 24.7 Å². The lowest BCUT2D eigenvalue weighted by Crippen LogP contribution is -2.34. The number of carbonyl (C=O) groups is 1. The van der Waals surface area contributed by atoms with Gasteiger partial charge in [-0.1, -0.05) is 41.9 Å². The Morgan fingerprint density at radius 3 is 2.63 bits per heavy atom. The van der Waals surface area contributed by atoms with Gasteiger partial charge in [-0.15, -0.1) is 0 Å². The second-order valence-corrected chi connectivity index (χ2v) is 10.2. The van der Waals surface area contributed by atoms with E-state index in [1.807, 2.05) is 41.3 Å². The summed E-state index contributed by atoms with van der Waals surface area (Å²) in [5.74, 6) is 1.13. The van der Waals surface area contributed by atoms with Crippen molar-refractivity contribution in [3.05, 3.63) is 106 Å². The number of amides is 1. The smallest absolute Gasteiger partial charge is 0.416 e. The minimum atomic E-state index is -4.50. The van der Waals surface area contributed by atoms with E-state index in [4.69, 9.17) is 16.3 Å². The van der Waals surface area contributed by atoms with Crippen LogP contribution < -0.4 is 15.0 Å². The third-order valence-electron chi connectivity index (χ3n) is 7.01. The van der Waals surface area contributed by atoms with Crippen LogP contribution >= 0.6 is 11.6 Å². The monoisotopic (exact) mass is 580 g/mol. The molecule has 0 fully saturated rings. The van der Waals surface area contributed by atoms with Crippen molar-refractivity contribution >= 4 is 29.0 Å². The van der Waals surface area contributed by atoms with E-state index in [1.165, 1.54) is 12.1 Å². The Bertz CT molecular complexity index is 1580. The van der Waals surface area contributed by atoms with Crippen molar-refractivity contribution in [1.82, 2.24) is 9.88 Å². The molecular weight excluding hydrogens is 553 g/mol. The molecule has 0 spiro atoms. The summed E-state index contributed by atoms with van der Waals surface area (Å²) in [5, 5.41) is 3.46. The predicted molar refractivity (Wildman–Crippen MR) is 154 cm³/mol. The van der Waals surface area contributed by atoms with Gasteiger partial charge in [0, 0.05) is 61.1 Å². The molecule has 212 valence electrons. The Morgan fingerprint density at radius 1 is 1.05 bits per heavy atom. The van der Waals surface area contributed by atoms with E-state index in [9.17, 15) is 18.0 Å². The van der Waals surface area contributed by atoms with Gasteiger partial charge in [0.05, 0.1) is 18.4 Å². The second kappa shape index (κ2) is 11.7. The van der Waals surface area contributed by atoms with Crippen LogP contribution in [0.5, 0.6) is 5.75 Å². The molecule has 4 aromatic rings. The van der Waals surface area contributed by atoms with Crippen molar-refractivity contribution in [3.8, 4) is 16.9 Å². The molecular formula is C31H28ClF3N4O2. The van der Waals surface area contributed by atoms with Crippen molar-refractivity contribution in [2.24, 2.45) is 0 Å². The summed E-state index contributed by atoms with van der Waals surface area (Å²) in [6.07, 6.45) is -2.80. The van der Waals surface area contributed by atoms with Gasteiger partial charge in [0.2, 0.25) is 0 Å². The number of fused-ring (bicyclic) bond motifs is 1. The summed E-state index contributed by atoms with van der Waals surface area (Å²) in [7, 11) is 3.33. The third kappa shape index (κ3) is 6.25. The Labute approximate surface area is 241 Å².